The smallest absolute Gasteiger partial charge is 0.391 e. The van der Waals surface area contributed by atoms with Gasteiger partial charge in [-0.1, -0.05) is 41.0 Å². The molecule has 164 valence electrons. The monoisotopic (exact) mass is 460 g/mol. The van der Waals surface area contributed by atoms with Crippen LogP contribution in [0.15, 0.2) is 53.7 Å². The van der Waals surface area contributed by atoms with Gasteiger partial charge >= 0.3 is 6.18 Å². The zero-order valence-electron chi connectivity index (χ0n) is 16.4. The molecule has 6 rings (SSSR count). The van der Waals surface area contributed by atoms with Gasteiger partial charge in [-0.15, -0.1) is 0 Å². The van der Waals surface area contributed by atoms with Crippen molar-refractivity contribution < 1.29 is 27.6 Å². The van der Waals surface area contributed by atoms with Crippen LogP contribution in [0.4, 0.5) is 18.9 Å². The minimum Gasteiger partial charge on any atom is -0.391 e. The van der Waals surface area contributed by atoms with E-state index >= 15 is 0 Å². The quantitative estimate of drug-likeness (QED) is 0.618. The van der Waals surface area contributed by atoms with E-state index < -0.39 is 35.4 Å². The van der Waals surface area contributed by atoms with Crippen LogP contribution in [0.2, 0.25) is 5.02 Å². The maximum absolute atomic E-state index is 13.4. The number of imide groups is 1. The Balaban J connectivity index is 1.35. The van der Waals surface area contributed by atoms with Crippen molar-refractivity contribution in [3.8, 4) is 0 Å². The third-order valence-electron chi connectivity index (χ3n) is 7.27. The van der Waals surface area contributed by atoms with Gasteiger partial charge < -0.3 is 4.84 Å². The van der Waals surface area contributed by atoms with Gasteiger partial charge in [0.15, 0.2) is 0 Å². The number of hydrogen-bond acceptors (Lipinski definition) is 4. The molecule has 2 bridgehead atoms. The molecule has 1 saturated heterocycles. The number of anilines is 1. The van der Waals surface area contributed by atoms with Crippen LogP contribution in [-0.2, 0) is 20.6 Å². The summed E-state index contributed by atoms with van der Waals surface area (Å²) in [4.78, 5) is 33.3. The summed E-state index contributed by atoms with van der Waals surface area (Å²) < 4.78 is 39.5. The molecule has 6 atom stereocenters. The Morgan fingerprint density at radius 3 is 2.41 bits per heavy atom. The summed E-state index contributed by atoms with van der Waals surface area (Å²) >= 11 is 6.36. The summed E-state index contributed by atoms with van der Waals surface area (Å²) in [5.74, 6) is -2.69. The molecule has 2 heterocycles. The van der Waals surface area contributed by atoms with Crippen LogP contribution in [0.25, 0.3) is 0 Å². The fourth-order valence-electron chi connectivity index (χ4n) is 6.09. The molecular formula is C23H16ClF3N2O3. The largest absolute Gasteiger partial charge is 0.416 e. The first kappa shape index (κ1) is 19.8. The second kappa shape index (κ2) is 6.57. The Hall–Kier alpha value is -2.87. The van der Waals surface area contributed by atoms with Crippen molar-refractivity contribution in [1.29, 1.82) is 0 Å². The Kier molecular flexibility index (Phi) is 4.06. The highest BCUT2D eigenvalue weighted by molar-refractivity contribution is 6.34. The van der Waals surface area contributed by atoms with E-state index in [0.717, 1.165) is 22.6 Å². The third kappa shape index (κ3) is 2.56. The molecule has 2 aliphatic heterocycles. The number of carbonyl (C=O) groups excluding carboxylic acids is 2. The summed E-state index contributed by atoms with van der Waals surface area (Å²) in [6.45, 7) is 0. The number of nitrogens with zero attached hydrogens (tertiary/aromatic N) is 2. The topological polar surface area (TPSA) is 59.0 Å². The molecule has 2 saturated carbocycles. The molecule has 2 amide bonds. The van der Waals surface area contributed by atoms with E-state index in [1.165, 1.54) is 12.1 Å². The van der Waals surface area contributed by atoms with E-state index in [9.17, 15) is 22.8 Å². The van der Waals surface area contributed by atoms with Crippen molar-refractivity contribution in [2.24, 2.45) is 34.7 Å². The lowest BCUT2D eigenvalue weighted by molar-refractivity contribution is -0.137. The Morgan fingerprint density at radius 2 is 1.69 bits per heavy atom. The molecule has 3 fully saturated rings. The number of alkyl halides is 3. The van der Waals surface area contributed by atoms with Crippen molar-refractivity contribution in [2.75, 3.05) is 4.90 Å². The second-order valence-corrected chi connectivity index (χ2v) is 9.13. The van der Waals surface area contributed by atoms with Gasteiger partial charge in [0, 0.05) is 22.4 Å². The van der Waals surface area contributed by atoms with E-state index in [2.05, 4.69) is 5.16 Å². The predicted molar refractivity (Wildman–Crippen MR) is 109 cm³/mol. The van der Waals surface area contributed by atoms with Crippen LogP contribution in [0.1, 0.15) is 17.5 Å². The molecule has 9 heteroatoms. The third-order valence-corrected chi connectivity index (χ3v) is 7.60. The molecule has 0 aromatic heterocycles. The van der Waals surface area contributed by atoms with Crippen molar-refractivity contribution >= 4 is 34.8 Å². The first-order valence-electron chi connectivity index (χ1n) is 10.3. The van der Waals surface area contributed by atoms with Crippen molar-refractivity contribution in [3.63, 3.8) is 0 Å². The van der Waals surface area contributed by atoms with Crippen molar-refractivity contribution in [2.45, 2.75) is 18.7 Å². The highest BCUT2D eigenvalue weighted by Crippen LogP contribution is 2.62. The molecular weight excluding hydrogens is 445 g/mol. The zero-order valence-corrected chi connectivity index (χ0v) is 17.2. The number of hydrogen-bond donors (Lipinski definition) is 0. The number of fused-ring (bicyclic) bond motifs is 8. The molecule has 0 spiro atoms. The van der Waals surface area contributed by atoms with Crippen molar-refractivity contribution in [3.05, 3.63) is 64.7 Å². The first-order valence-corrected chi connectivity index (χ1v) is 10.7. The molecule has 32 heavy (non-hydrogen) atoms. The van der Waals surface area contributed by atoms with Crippen molar-refractivity contribution in [1.82, 2.24) is 0 Å². The average Bonchev–Trinajstić information content (AvgIpc) is 3.48. The summed E-state index contributed by atoms with van der Waals surface area (Å²) in [5, 5.41) is 4.78. The molecule has 0 radical (unpaired) electrons. The summed E-state index contributed by atoms with van der Waals surface area (Å²) in [6.07, 6.45) is -4.27. The van der Waals surface area contributed by atoms with Gasteiger partial charge in [0.1, 0.15) is 6.10 Å². The van der Waals surface area contributed by atoms with E-state index in [-0.39, 0.29) is 29.5 Å². The highest BCUT2D eigenvalue weighted by Gasteiger charge is 2.70. The van der Waals surface area contributed by atoms with E-state index in [1.54, 1.807) is 6.07 Å². The highest BCUT2D eigenvalue weighted by atomic mass is 35.5. The molecule has 0 unspecified atom stereocenters. The standard InChI is InChI=1S/C23H16ClF3N2O3/c24-15-7-2-1-6-12(15)19-18-13-9-14(20(18)32-28-19)17-16(13)21(30)29(22(17)31)11-5-3-4-10(8-11)23(25,26)27/h1-8,13-14,16-18,20H,9H2/t13-,14+,16-,17+,18-,20-/m1/s1. The van der Waals surface area contributed by atoms with Gasteiger partial charge in [-0.2, -0.15) is 13.2 Å². The fourth-order valence-corrected chi connectivity index (χ4v) is 6.33. The van der Waals surface area contributed by atoms with Crippen LogP contribution in [0.5, 0.6) is 0 Å². The van der Waals surface area contributed by atoms with Gasteiger partial charge in [0.2, 0.25) is 11.8 Å². The summed E-state index contributed by atoms with van der Waals surface area (Å²) in [7, 11) is 0. The molecule has 0 N–H and O–H groups in total. The molecule has 2 aromatic carbocycles. The van der Waals surface area contributed by atoms with E-state index in [1.807, 2.05) is 18.2 Å². The maximum atomic E-state index is 13.4. The lowest BCUT2D eigenvalue weighted by Crippen LogP contribution is -2.41. The minimum absolute atomic E-state index is 0.0466. The second-order valence-electron chi connectivity index (χ2n) is 8.73. The minimum atomic E-state index is -4.57. The molecule has 5 nitrogen and oxygen atoms in total. The zero-order chi connectivity index (χ0) is 22.4. The number of halogens is 4. The number of benzene rings is 2. The lowest BCUT2D eigenvalue weighted by atomic mass is 9.71. The van der Waals surface area contributed by atoms with Crippen LogP contribution in [0, 0.1) is 29.6 Å². The van der Waals surface area contributed by atoms with E-state index in [0.29, 0.717) is 17.2 Å². The van der Waals surface area contributed by atoms with Gasteiger partial charge in [0.05, 0.1) is 28.8 Å². The number of carbonyl (C=O) groups is 2. The molecule has 2 aromatic rings. The summed E-state index contributed by atoms with van der Waals surface area (Å²) in [6, 6.07) is 11.6. The lowest BCUT2D eigenvalue weighted by Gasteiger charge is -2.30. The fraction of sp³-hybridized carbons (Fsp3) is 0.348. The van der Waals surface area contributed by atoms with Crippen LogP contribution < -0.4 is 4.90 Å². The van der Waals surface area contributed by atoms with E-state index in [4.69, 9.17) is 16.4 Å². The molecule has 2 aliphatic carbocycles. The van der Waals surface area contributed by atoms with Crippen LogP contribution in [-0.4, -0.2) is 23.6 Å². The number of oxime groups is 1. The molecule has 4 aliphatic rings. The first-order chi connectivity index (χ1) is 15.3. The number of amides is 2. The SMILES string of the molecule is O=C1[C@@H]2[C@H]3C[C@H]([C@H]4ON=C(c5ccccc5Cl)[C@@H]34)[C@@H]2C(=O)N1c1cccc(C(F)(F)F)c1. The Morgan fingerprint density at radius 1 is 0.969 bits per heavy atom. The van der Waals surface area contributed by atoms with Crippen LogP contribution in [0.3, 0.4) is 0 Å². The Labute approximate surface area is 185 Å². The van der Waals surface area contributed by atoms with Crippen LogP contribution >= 0.6 is 11.6 Å². The predicted octanol–water partition coefficient (Wildman–Crippen LogP) is 4.53. The van der Waals surface area contributed by atoms with Gasteiger partial charge in [0.25, 0.3) is 0 Å². The average molecular weight is 461 g/mol. The number of rotatable bonds is 2. The van der Waals surface area contributed by atoms with Gasteiger partial charge in [-0.3, -0.25) is 14.5 Å². The van der Waals surface area contributed by atoms with Gasteiger partial charge in [-0.05, 0) is 36.6 Å². The summed E-state index contributed by atoms with van der Waals surface area (Å²) in [5.41, 5.74) is 0.459. The maximum Gasteiger partial charge on any atom is 0.416 e. The Bertz CT molecular complexity index is 1200. The normalized spacial score (nSPS) is 32.8. The van der Waals surface area contributed by atoms with Gasteiger partial charge in [-0.25, -0.2) is 0 Å².